The minimum Gasteiger partial charge on any atom is -0.361 e. The zero-order chi connectivity index (χ0) is 17.0. The van der Waals surface area contributed by atoms with Crippen molar-refractivity contribution in [1.82, 2.24) is 15.2 Å². The molecule has 0 spiro atoms. The Balaban J connectivity index is 0.00000225. The average Bonchev–Trinajstić information content (AvgIpc) is 2.97. The predicted octanol–water partition coefficient (Wildman–Crippen LogP) is 4.12. The first kappa shape index (κ1) is 20.4. The van der Waals surface area contributed by atoms with Crippen molar-refractivity contribution in [3.63, 3.8) is 0 Å². The lowest BCUT2D eigenvalue weighted by molar-refractivity contribution is 0.376. The van der Waals surface area contributed by atoms with Gasteiger partial charge in [-0.05, 0) is 38.3 Å². The van der Waals surface area contributed by atoms with Gasteiger partial charge in [-0.25, -0.2) is 0 Å². The van der Waals surface area contributed by atoms with Crippen molar-refractivity contribution in [2.45, 2.75) is 31.4 Å². The summed E-state index contributed by atoms with van der Waals surface area (Å²) < 4.78 is 0.305. The molecule has 2 heterocycles. The van der Waals surface area contributed by atoms with Crippen LogP contribution in [0.25, 0.3) is 10.9 Å². The van der Waals surface area contributed by atoms with Crippen molar-refractivity contribution in [2.24, 2.45) is 4.99 Å². The predicted molar refractivity (Wildman–Crippen MR) is 122 cm³/mol. The first-order valence-corrected chi connectivity index (χ1v) is 9.72. The molecule has 1 aromatic carbocycles. The number of para-hydroxylation sites is 1. The molecule has 1 aliphatic heterocycles. The van der Waals surface area contributed by atoms with Crippen LogP contribution in [0.1, 0.15) is 25.8 Å². The Labute approximate surface area is 172 Å². The molecule has 2 N–H and O–H groups in total. The number of aromatic nitrogens is 1. The third-order valence-electron chi connectivity index (χ3n) is 4.52. The molecule has 0 bridgehead atoms. The molecule has 4 nitrogen and oxygen atoms in total. The first-order valence-electron chi connectivity index (χ1n) is 8.74. The number of rotatable bonds is 4. The second-order valence-corrected chi connectivity index (χ2v) is 8.77. The van der Waals surface area contributed by atoms with Crippen LogP contribution >= 0.6 is 35.7 Å². The average molecular weight is 472 g/mol. The maximum absolute atomic E-state index is 4.48. The van der Waals surface area contributed by atoms with Gasteiger partial charge >= 0.3 is 0 Å². The summed E-state index contributed by atoms with van der Waals surface area (Å²) in [5.41, 5.74) is 2.63. The minimum atomic E-state index is 0. The second kappa shape index (κ2) is 9.16. The fourth-order valence-corrected chi connectivity index (χ4v) is 4.46. The fourth-order valence-electron chi connectivity index (χ4n) is 3.35. The van der Waals surface area contributed by atoms with E-state index in [4.69, 9.17) is 0 Å². The first-order chi connectivity index (χ1) is 11.6. The fraction of sp³-hybridized carbons (Fsp3) is 0.526. The van der Waals surface area contributed by atoms with Gasteiger partial charge in [-0.3, -0.25) is 4.99 Å². The van der Waals surface area contributed by atoms with Gasteiger partial charge in [0.15, 0.2) is 5.96 Å². The molecule has 0 radical (unpaired) electrons. The van der Waals surface area contributed by atoms with Crippen LogP contribution < -0.4 is 5.32 Å². The quantitative estimate of drug-likeness (QED) is 0.305. The van der Waals surface area contributed by atoms with E-state index >= 15 is 0 Å². The molecule has 1 saturated heterocycles. The molecule has 3 rings (SSSR count). The van der Waals surface area contributed by atoms with Crippen LogP contribution in [-0.4, -0.2) is 53.0 Å². The number of halogens is 1. The van der Waals surface area contributed by atoms with Crippen LogP contribution in [0.2, 0.25) is 0 Å². The summed E-state index contributed by atoms with van der Waals surface area (Å²) in [7, 11) is 1.89. The third kappa shape index (κ3) is 5.29. The lowest BCUT2D eigenvalue weighted by Gasteiger charge is -2.39. The summed E-state index contributed by atoms with van der Waals surface area (Å²) >= 11 is 2.05. The molecule has 0 aliphatic carbocycles. The van der Waals surface area contributed by atoms with Gasteiger partial charge < -0.3 is 15.2 Å². The van der Waals surface area contributed by atoms with Crippen LogP contribution in [0.15, 0.2) is 35.5 Å². The van der Waals surface area contributed by atoms with Crippen molar-refractivity contribution >= 4 is 52.6 Å². The molecule has 0 saturated carbocycles. The highest BCUT2D eigenvalue weighted by Crippen LogP contribution is 2.29. The van der Waals surface area contributed by atoms with E-state index in [0.29, 0.717) is 4.75 Å². The number of fused-ring (bicyclic) bond motifs is 1. The molecule has 6 heteroatoms. The van der Waals surface area contributed by atoms with Crippen molar-refractivity contribution in [1.29, 1.82) is 0 Å². The summed E-state index contributed by atoms with van der Waals surface area (Å²) in [6.45, 7) is 7.72. The third-order valence-corrected chi connectivity index (χ3v) is 5.82. The lowest BCUT2D eigenvalue weighted by Crippen LogP contribution is -2.51. The normalized spacial score (nSPS) is 17.4. The van der Waals surface area contributed by atoms with E-state index in [9.17, 15) is 0 Å². The summed E-state index contributed by atoms with van der Waals surface area (Å²) in [5.74, 6) is 2.21. The standard InChI is InChI=1S/C19H28N4S.HI/c1-19(2)14-23(11-12-24-19)18(20-3)21-10-6-7-15-13-22-17-9-5-4-8-16(15)17;/h4-5,8-9,13,22H,6-7,10-12,14H2,1-3H3,(H,20,21);1H. The van der Waals surface area contributed by atoms with Gasteiger partial charge in [0.2, 0.25) is 0 Å². The number of benzene rings is 1. The Kier molecular flexibility index (Phi) is 7.49. The Morgan fingerprint density at radius 3 is 2.92 bits per heavy atom. The number of thioether (sulfide) groups is 1. The monoisotopic (exact) mass is 472 g/mol. The van der Waals surface area contributed by atoms with Crippen LogP contribution in [0.4, 0.5) is 0 Å². The molecule has 0 unspecified atom stereocenters. The van der Waals surface area contributed by atoms with Crippen molar-refractivity contribution in [3.8, 4) is 0 Å². The molecular formula is C19H29IN4S. The van der Waals surface area contributed by atoms with Crippen LogP contribution in [0, 0.1) is 0 Å². The van der Waals surface area contributed by atoms with Gasteiger partial charge in [0.1, 0.15) is 0 Å². The Morgan fingerprint density at radius 1 is 1.36 bits per heavy atom. The molecule has 25 heavy (non-hydrogen) atoms. The molecule has 2 aromatic rings. The number of nitrogens with one attached hydrogen (secondary N) is 2. The van der Waals surface area contributed by atoms with Gasteiger partial charge in [-0.2, -0.15) is 11.8 Å². The van der Waals surface area contributed by atoms with E-state index in [1.807, 2.05) is 7.05 Å². The number of H-pyrrole nitrogens is 1. The van der Waals surface area contributed by atoms with Gasteiger partial charge in [-0.1, -0.05) is 18.2 Å². The van der Waals surface area contributed by atoms with Crippen LogP contribution in [0.5, 0.6) is 0 Å². The van der Waals surface area contributed by atoms with Gasteiger partial charge in [0.25, 0.3) is 0 Å². The van der Waals surface area contributed by atoms with E-state index in [0.717, 1.165) is 38.4 Å². The maximum Gasteiger partial charge on any atom is 0.193 e. The topological polar surface area (TPSA) is 43.4 Å². The number of aryl methyl sites for hydroxylation is 1. The molecule has 138 valence electrons. The summed E-state index contributed by atoms with van der Waals surface area (Å²) in [4.78, 5) is 10.2. The molecule has 0 amide bonds. The van der Waals surface area contributed by atoms with E-state index < -0.39 is 0 Å². The SMILES string of the molecule is CN=C(NCCCc1c[nH]c2ccccc12)N1CCSC(C)(C)C1.I. The molecule has 1 aromatic heterocycles. The van der Waals surface area contributed by atoms with Gasteiger partial charge in [0, 0.05) is 54.3 Å². The highest BCUT2D eigenvalue weighted by Gasteiger charge is 2.28. The smallest absolute Gasteiger partial charge is 0.193 e. The lowest BCUT2D eigenvalue weighted by atomic mass is 10.1. The maximum atomic E-state index is 4.48. The number of aromatic amines is 1. The molecule has 1 aliphatic rings. The Hall–Kier alpha value is -0.890. The minimum absolute atomic E-state index is 0. The van der Waals surface area contributed by atoms with E-state index in [1.54, 1.807) is 0 Å². The summed E-state index contributed by atoms with van der Waals surface area (Å²) in [5, 5.41) is 4.89. The largest absolute Gasteiger partial charge is 0.361 e. The summed E-state index contributed by atoms with van der Waals surface area (Å²) in [6, 6.07) is 8.51. The van der Waals surface area contributed by atoms with Gasteiger partial charge in [-0.15, -0.1) is 24.0 Å². The van der Waals surface area contributed by atoms with Crippen LogP contribution in [0.3, 0.4) is 0 Å². The van der Waals surface area contributed by atoms with Crippen LogP contribution in [-0.2, 0) is 6.42 Å². The molecular weight excluding hydrogens is 443 g/mol. The number of aliphatic imine (C=N–C) groups is 1. The Morgan fingerprint density at radius 2 is 2.16 bits per heavy atom. The Bertz CT molecular complexity index is 710. The highest BCUT2D eigenvalue weighted by atomic mass is 127. The molecule has 1 fully saturated rings. The zero-order valence-corrected chi connectivity index (χ0v) is 18.5. The van der Waals surface area contributed by atoms with Crippen molar-refractivity contribution in [3.05, 3.63) is 36.0 Å². The number of nitrogens with zero attached hydrogens (tertiary/aromatic N) is 2. The number of guanidine groups is 1. The summed E-state index contributed by atoms with van der Waals surface area (Å²) in [6.07, 6.45) is 4.33. The second-order valence-electron chi connectivity index (χ2n) is 6.97. The van der Waals surface area contributed by atoms with Gasteiger partial charge in [0.05, 0.1) is 0 Å². The van der Waals surface area contributed by atoms with E-state index in [1.165, 1.54) is 22.2 Å². The van der Waals surface area contributed by atoms with Crippen molar-refractivity contribution < 1.29 is 0 Å². The zero-order valence-electron chi connectivity index (χ0n) is 15.3. The highest BCUT2D eigenvalue weighted by molar-refractivity contribution is 14.0. The van der Waals surface area contributed by atoms with Crippen molar-refractivity contribution in [2.75, 3.05) is 32.4 Å². The van der Waals surface area contributed by atoms with E-state index in [-0.39, 0.29) is 24.0 Å². The number of hydrogen-bond donors (Lipinski definition) is 2. The van der Waals surface area contributed by atoms with E-state index in [2.05, 4.69) is 76.3 Å². The molecule has 0 atom stereocenters. The number of hydrogen-bond acceptors (Lipinski definition) is 2.